The summed E-state index contributed by atoms with van der Waals surface area (Å²) in [6.07, 6.45) is 4.47. The number of pyridine rings is 1. The fourth-order valence-electron chi connectivity index (χ4n) is 3.37. The van der Waals surface area contributed by atoms with Crippen LogP contribution in [0.1, 0.15) is 18.4 Å². The first-order valence-electron chi connectivity index (χ1n) is 8.87. The molecule has 4 rings (SSSR count). The van der Waals surface area contributed by atoms with Crippen molar-refractivity contribution in [1.29, 1.82) is 0 Å². The molecule has 3 aromatic rings. The van der Waals surface area contributed by atoms with Gasteiger partial charge < -0.3 is 19.9 Å². The first-order valence-corrected chi connectivity index (χ1v) is 8.87. The molecular weight excluding hydrogens is 330 g/mol. The van der Waals surface area contributed by atoms with Crippen molar-refractivity contribution in [3.63, 3.8) is 0 Å². The number of aromatic hydroxyl groups is 1. The van der Waals surface area contributed by atoms with Gasteiger partial charge in [-0.3, -0.25) is 4.40 Å². The van der Waals surface area contributed by atoms with E-state index in [-0.39, 0.29) is 11.9 Å². The van der Waals surface area contributed by atoms with Crippen LogP contribution < -0.4 is 10.1 Å². The van der Waals surface area contributed by atoms with E-state index in [4.69, 9.17) is 14.5 Å². The van der Waals surface area contributed by atoms with Crippen LogP contribution in [0.5, 0.6) is 11.5 Å². The third-order valence-electron chi connectivity index (χ3n) is 4.74. The van der Waals surface area contributed by atoms with Gasteiger partial charge in [0.05, 0.1) is 13.2 Å². The number of benzene rings is 1. The highest BCUT2D eigenvalue weighted by Crippen LogP contribution is 2.35. The molecule has 1 atom stereocenters. The van der Waals surface area contributed by atoms with E-state index in [9.17, 15) is 5.11 Å². The summed E-state index contributed by atoms with van der Waals surface area (Å²) in [4.78, 5) is 4.77. The number of rotatable bonds is 5. The summed E-state index contributed by atoms with van der Waals surface area (Å²) >= 11 is 0. The van der Waals surface area contributed by atoms with Gasteiger partial charge >= 0.3 is 0 Å². The second kappa shape index (κ2) is 6.88. The topological polar surface area (TPSA) is 68.0 Å². The predicted octanol–water partition coefficient (Wildman–Crippen LogP) is 3.61. The third kappa shape index (κ3) is 3.08. The second-order valence-electron chi connectivity index (χ2n) is 6.65. The summed E-state index contributed by atoms with van der Waals surface area (Å²) in [7, 11) is 1.54. The highest BCUT2D eigenvalue weighted by Gasteiger charge is 2.19. The summed E-state index contributed by atoms with van der Waals surface area (Å²) in [6, 6.07) is 9.39. The van der Waals surface area contributed by atoms with Gasteiger partial charge in [-0.1, -0.05) is 6.07 Å². The molecule has 0 saturated carbocycles. The van der Waals surface area contributed by atoms with E-state index in [0.29, 0.717) is 5.75 Å². The Morgan fingerprint density at radius 1 is 1.35 bits per heavy atom. The van der Waals surface area contributed by atoms with Crippen LogP contribution >= 0.6 is 0 Å². The number of hydrogen-bond acceptors (Lipinski definition) is 5. The molecule has 2 N–H and O–H groups in total. The molecule has 1 aliphatic heterocycles. The van der Waals surface area contributed by atoms with Crippen LogP contribution in [0.2, 0.25) is 0 Å². The van der Waals surface area contributed by atoms with Crippen LogP contribution in [0.3, 0.4) is 0 Å². The summed E-state index contributed by atoms with van der Waals surface area (Å²) in [5.41, 5.74) is 3.64. The Morgan fingerprint density at radius 2 is 2.23 bits per heavy atom. The van der Waals surface area contributed by atoms with E-state index in [1.165, 1.54) is 7.11 Å². The van der Waals surface area contributed by atoms with E-state index in [2.05, 4.69) is 22.8 Å². The van der Waals surface area contributed by atoms with Crippen molar-refractivity contribution >= 4 is 11.5 Å². The zero-order valence-corrected chi connectivity index (χ0v) is 15.0. The standard InChI is InChI=1S/C20H23N3O3/c1-13-5-8-18-22-19(14-6-7-17(25-2)16(24)10-14)20(23(18)12-13)21-11-15-4-3-9-26-15/h5-8,10,12,15,21,24H,3-4,9,11H2,1-2H3. The summed E-state index contributed by atoms with van der Waals surface area (Å²) in [5.74, 6) is 1.45. The SMILES string of the molecule is COc1ccc(-c2nc3ccc(C)cn3c2NCC2CCCO2)cc1O. The van der Waals surface area contributed by atoms with Crippen molar-refractivity contribution in [2.24, 2.45) is 0 Å². The molecule has 6 nitrogen and oxygen atoms in total. The van der Waals surface area contributed by atoms with Gasteiger partial charge in [0.2, 0.25) is 0 Å². The molecule has 3 heterocycles. The third-order valence-corrected chi connectivity index (χ3v) is 4.74. The zero-order valence-electron chi connectivity index (χ0n) is 15.0. The Balaban J connectivity index is 1.77. The van der Waals surface area contributed by atoms with Crippen molar-refractivity contribution in [2.45, 2.75) is 25.9 Å². The van der Waals surface area contributed by atoms with Gasteiger partial charge in [0.25, 0.3) is 0 Å². The largest absolute Gasteiger partial charge is 0.504 e. The Kier molecular flexibility index (Phi) is 4.42. The van der Waals surface area contributed by atoms with Crippen molar-refractivity contribution in [3.05, 3.63) is 42.1 Å². The fraction of sp³-hybridized carbons (Fsp3) is 0.350. The molecule has 0 aliphatic carbocycles. The Bertz CT molecular complexity index is 929. The molecule has 6 heteroatoms. The molecule has 136 valence electrons. The van der Waals surface area contributed by atoms with Gasteiger partial charge in [-0.25, -0.2) is 4.98 Å². The lowest BCUT2D eigenvalue weighted by Crippen LogP contribution is -2.19. The number of imidazole rings is 1. The fourth-order valence-corrected chi connectivity index (χ4v) is 3.37. The number of aromatic nitrogens is 2. The van der Waals surface area contributed by atoms with Gasteiger partial charge in [0.1, 0.15) is 17.2 Å². The maximum atomic E-state index is 10.2. The average molecular weight is 353 g/mol. The molecular formula is C20H23N3O3. The number of nitrogens with zero attached hydrogens (tertiary/aromatic N) is 2. The molecule has 0 amide bonds. The molecule has 1 saturated heterocycles. The molecule has 0 spiro atoms. The normalized spacial score (nSPS) is 16.9. The van der Waals surface area contributed by atoms with Gasteiger partial charge in [-0.2, -0.15) is 0 Å². The lowest BCUT2D eigenvalue weighted by molar-refractivity contribution is 0.120. The maximum Gasteiger partial charge on any atom is 0.160 e. The second-order valence-corrected chi connectivity index (χ2v) is 6.65. The number of aryl methyl sites for hydroxylation is 1. The van der Waals surface area contributed by atoms with Crippen molar-refractivity contribution in [2.75, 3.05) is 25.6 Å². The van der Waals surface area contributed by atoms with Crippen LogP contribution in [0.4, 0.5) is 5.82 Å². The highest BCUT2D eigenvalue weighted by molar-refractivity contribution is 5.78. The molecule has 2 aromatic heterocycles. The summed E-state index contributed by atoms with van der Waals surface area (Å²) in [6.45, 7) is 3.62. The quantitative estimate of drug-likeness (QED) is 0.733. The summed E-state index contributed by atoms with van der Waals surface area (Å²) in [5, 5.41) is 13.7. The van der Waals surface area contributed by atoms with Crippen LogP contribution in [0, 0.1) is 6.92 Å². The van der Waals surface area contributed by atoms with Gasteiger partial charge in [-0.15, -0.1) is 0 Å². The lowest BCUT2D eigenvalue weighted by atomic mass is 10.1. The number of methoxy groups -OCH3 is 1. The van der Waals surface area contributed by atoms with E-state index in [0.717, 1.165) is 54.3 Å². The number of phenols is 1. The van der Waals surface area contributed by atoms with E-state index < -0.39 is 0 Å². The minimum Gasteiger partial charge on any atom is -0.504 e. The predicted molar refractivity (Wildman–Crippen MR) is 101 cm³/mol. The first kappa shape index (κ1) is 16.7. The minimum atomic E-state index is 0.100. The van der Waals surface area contributed by atoms with Crippen LogP contribution in [-0.2, 0) is 4.74 Å². The number of phenolic OH excluding ortho intramolecular Hbond substituents is 1. The molecule has 1 aromatic carbocycles. The van der Waals surface area contributed by atoms with Crippen molar-refractivity contribution in [3.8, 4) is 22.8 Å². The van der Waals surface area contributed by atoms with Crippen molar-refractivity contribution in [1.82, 2.24) is 9.38 Å². The Hall–Kier alpha value is -2.73. The molecule has 1 fully saturated rings. The minimum absolute atomic E-state index is 0.100. The van der Waals surface area contributed by atoms with Crippen LogP contribution in [-0.4, -0.2) is 40.9 Å². The number of fused-ring (bicyclic) bond motifs is 1. The first-order chi connectivity index (χ1) is 12.7. The smallest absolute Gasteiger partial charge is 0.160 e. The highest BCUT2D eigenvalue weighted by atomic mass is 16.5. The molecule has 1 aliphatic rings. The van der Waals surface area contributed by atoms with E-state index >= 15 is 0 Å². The van der Waals surface area contributed by atoms with Gasteiger partial charge in [0.15, 0.2) is 11.5 Å². The van der Waals surface area contributed by atoms with E-state index in [1.54, 1.807) is 12.1 Å². The monoisotopic (exact) mass is 353 g/mol. The number of nitrogens with one attached hydrogen (secondary N) is 1. The molecule has 0 bridgehead atoms. The Morgan fingerprint density at radius 3 is 2.96 bits per heavy atom. The van der Waals surface area contributed by atoms with Crippen LogP contribution in [0.15, 0.2) is 36.5 Å². The number of hydrogen-bond donors (Lipinski definition) is 2. The molecule has 0 radical (unpaired) electrons. The average Bonchev–Trinajstić information content (AvgIpc) is 3.27. The van der Waals surface area contributed by atoms with E-state index in [1.807, 2.05) is 18.2 Å². The number of ether oxygens (including phenoxy) is 2. The molecule has 26 heavy (non-hydrogen) atoms. The van der Waals surface area contributed by atoms with Gasteiger partial charge in [-0.05, 0) is 49.6 Å². The van der Waals surface area contributed by atoms with Gasteiger partial charge in [0, 0.05) is 24.9 Å². The zero-order chi connectivity index (χ0) is 18.1. The van der Waals surface area contributed by atoms with Crippen LogP contribution in [0.25, 0.3) is 16.9 Å². The number of anilines is 1. The van der Waals surface area contributed by atoms with Crippen molar-refractivity contribution < 1.29 is 14.6 Å². The lowest BCUT2D eigenvalue weighted by Gasteiger charge is -2.13. The maximum absolute atomic E-state index is 10.2. The summed E-state index contributed by atoms with van der Waals surface area (Å²) < 4.78 is 12.9. The molecule has 1 unspecified atom stereocenters. The Labute approximate surface area is 152 Å².